The molecule has 1 atom stereocenters. The lowest BCUT2D eigenvalue weighted by molar-refractivity contribution is -0.130. The van der Waals surface area contributed by atoms with Crippen molar-refractivity contribution >= 4 is 33.2 Å². The largest absolute Gasteiger partial charge is 0.378 e. The summed E-state index contributed by atoms with van der Waals surface area (Å²) in [6.45, 7) is 4.22. The molecule has 0 spiro atoms. The number of nitrogens with zero attached hydrogens (tertiary/aromatic N) is 6. The fourth-order valence-corrected chi connectivity index (χ4v) is 5.67. The summed E-state index contributed by atoms with van der Waals surface area (Å²) in [6.07, 6.45) is 2.74. The minimum atomic E-state index is 0.0861. The molecule has 0 saturated carbocycles. The van der Waals surface area contributed by atoms with Gasteiger partial charge in [-0.15, -0.1) is 16.4 Å². The van der Waals surface area contributed by atoms with Gasteiger partial charge in [-0.1, -0.05) is 18.2 Å². The van der Waals surface area contributed by atoms with Gasteiger partial charge in [-0.25, -0.2) is 4.68 Å². The van der Waals surface area contributed by atoms with Crippen molar-refractivity contribution in [3.05, 3.63) is 41.0 Å². The van der Waals surface area contributed by atoms with Gasteiger partial charge in [0.05, 0.1) is 24.6 Å². The number of hydrogen-bond donors (Lipinski definition) is 0. The summed E-state index contributed by atoms with van der Waals surface area (Å²) in [5, 5.41) is 12.2. The maximum absolute atomic E-state index is 13.4. The van der Waals surface area contributed by atoms with Crippen molar-refractivity contribution in [2.45, 2.75) is 25.3 Å². The number of hydrogen-bond acceptors (Lipinski definition) is 7. The molecule has 2 fully saturated rings. The zero-order valence-corrected chi connectivity index (χ0v) is 18.0. The van der Waals surface area contributed by atoms with Crippen molar-refractivity contribution in [2.24, 2.45) is 0 Å². The minimum absolute atomic E-state index is 0.0861. The van der Waals surface area contributed by atoms with E-state index in [1.807, 2.05) is 21.9 Å². The molecule has 5 rings (SSSR count). The number of aromatic nitrogens is 4. The molecule has 2 aliphatic heterocycles. The number of thiophene rings is 1. The van der Waals surface area contributed by atoms with Gasteiger partial charge in [-0.3, -0.25) is 9.59 Å². The SMILES string of the molecule is O=C(CCn1cnnn1)N1CCC(c2c(C(=O)N3CCOCC3)sc3ccccc23)C1. The van der Waals surface area contributed by atoms with Gasteiger partial charge in [0.2, 0.25) is 5.91 Å². The van der Waals surface area contributed by atoms with E-state index >= 15 is 0 Å². The second kappa shape index (κ2) is 8.72. The van der Waals surface area contributed by atoms with E-state index in [2.05, 4.69) is 27.7 Å². The highest BCUT2D eigenvalue weighted by Gasteiger charge is 2.33. The van der Waals surface area contributed by atoms with Crippen molar-refractivity contribution < 1.29 is 14.3 Å². The van der Waals surface area contributed by atoms with Gasteiger partial charge in [0.25, 0.3) is 5.91 Å². The molecular formula is C21H24N6O3S. The molecule has 3 aromatic rings. The molecule has 1 aromatic carbocycles. The third-order valence-corrected chi connectivity index (χ3v) is 7.20. The number of benzene rings is 1. The van der Waals surface area contributed by atoms with Gasteiger partial charge < -0.3 is 14.5 Å². The van der Waals surface area contributed by atoms with E-state index in [0.717, 1.165) is 26.9 Å². The van der Waals surface area contributed by atoms with E-state index in [1.165, 1.54) is 6.33 Å². The molecule has 9 nitrogen and oxygen atoms in total. The van der Waals surface area contributed by atoms with Crippen molar-refractivity contribution in [3.8, 4) is 0 Å². The van der Waals surface area contributed by atoms with Gasteiger partial charge in [0.15, 0.2) is 0 Å². The number of carbonyl (C=O) groups excluding carboxylic acids is 2. The molecule has 0 aliphatic carbocycles. The summed E-state index contributed by atoms with van der Waals surface area (Å²) in [5.41, 5.74) is 1.10. The number of aryl methyl sites for hydroxylation is 1. The van der Waals surface area contributed by atoms with E-state index in [9.17, 15) is 9.59 Å². The standard InChI is InChI=1S/C21H24N6O3S/c28-18(6-8-27-14-22-23-24-27)26-7-5-15(13-26)19-16-3-1-2-4-17(16)31-20(19)21(29)25-9-11-30-12-10-25/h1-4,14-15H,5-13H2. The molecule has 0 radical (unpaired) electrons. The summed E-state index contributed by atoms with van der Waals surface area (Å²) in [4.78, 5) is 30.7. The Hall–Kier alpha value is -2.85. The summed E-state index contributed by atoms with van der Waals surface area (Å²) >= 11 is 1.57. The average Bonchev–Trinajstić information content (AvgIpc) is 3.56. The highest BCUT2D eigenvalue weighted by atomic mass is 32.1. The Kier molecular flexibility index (Phi) is 5.65. The molecule has 1 unspecified atom stereocenters. The van der Waals surface area contributed by atoms with Crippen LogP contribution in [0.5, 0.6) is 0 Å². The quantitative estimate of drug-likeness (QED) is 0.600. The second-order valence-corrected chi connectivity index (χ2v) is 8.95. The summed E-state index contributed by atoms with van der Waals surface area (Å²) in [6, 6.07) is 8.20. The first kappa shape index (κ1) is 20.1. The number of tetrazole rings is 1. The van der Waals surface area contributed by atoms with Crippen LogP contribution in [0.2, 0.25) is 0 Å². The van der Waals surface area contributed by atoms with Crippen LogP contribution in [0.1, 0.15) is 34.0 Å². The summed E-state index contributed by atoms with van der Waals surface area (Å²) < 4.78 is 8.11. The fraction of sp³-hybridized carbons (Fsp3) is 0.476. The first-order valence-electron chi connectivity index (χ1n) is 10.6. The van der Waals surface area contributed by atoms with Crippen LogP contribution in [0.15, 0.2) is 30.6 Å². The average molecular weight is 441 g/mol. The van der Waals surface area contributed by atoms with E-state index in [0.29, 0.717) is 52.4 Å². The molecule has 4 heterocycles. The number of fused-ring (bicyclic) bond motifs is 1. The Morgan fingerprint density at radius 1 is 1.13 bits per heavy atom. The number of rotatable bonds is 5. The van der Waals surface area contributed by atoms with E-state index in [-0.39, 0.29) is 17.7 Å². The number of morpholine rings is 1. The molecule has 10 heteroatoms. The van der Waals surface area contributed by atoms with E-state index < -0.39 is 0 Å². The zero-order chi connectivity index (χ0) is 21.2. The molecular weight excluding hydrogens is 416 g/mol. The molecule has 162 valence electrons. The number of carbonyl (C=O) groups is 2. The Morgan fingerprint density at radius 2 is 1.97 bits per heavy atom. The van der Waals surface area contributed by atoms with Gasteiger partial charge in [0.1, 0.15) is 6.33 Å². The van der Waals surface area contributed by atoms with Gasteiger partial charge in [-0.05, 0) is 33.9 Å². The van der Waals surface area contributed by atoms with Crippen molar-refractivity contribution in [3.63, 3.8) is 0 Å². The Labute approximate surface area is 183 Å². The summed E-state index contributed by atoms with van der Waals surface area (Å²) in [7, 11) is 0. The monoisotopic (exact) mass is 440 g/mol. The Morgan fingerprint density at radius 3 is 2.77 bits per heavy atom. The van der Waals surface area contributed by atoms with E-state index in [4.69, 9.17) is 4.74 Å². The van der Waals surface area contributed by atoms with Crippen molar-refractivity contribution in [1.29, 1.82) is 0 Å². The molecule has 0 N–H and O–H groups in total. The molecule has 2 amide bonds. The third-order valence-electron chi connectivity index (χ3n) is 6.02. The van der Waals surface area contributed by atoms with Crippen molar-refractivity contribution in [1.82, 2.24) is 30.0 Å². The van der Waals surface area contributed by atoms with Crippen LogP contribution in [0.4, 0.5) is 0 Å². The first-order chi connectivity index (χ1) is 15.2. The Bertz CT molecular complexity index is 1080. The normalized spacial score (nSPS) is 19.3. The predicted octanol–water partition coefficient (Wildman–Crippen LogP) is 1.77. The number of amides is 2. The fourth-order valence-electron chi connectivity index (χ4n) is 4.41. The smallest absolute Gasteiger partial charge is 0.264 e. The predicted molar refractivity (Wildman–Crippen MR) is 115 cm³/mol. The summed E-state index contributed by atoms with van der Waals surface area (Å²) in [5.74, 6) is 0.342. The third kappa shape index (κ3) is 4.05. The van der Waals surface area contributed by atoms with Gasteiger partial charge in [0, 0.05) is 43.2 Å². The highest BCUT2D eigenvalue weighted by Crippen LogP contribution is 2.40. The van der Waals surface area contributed by atoms with Crippen LogP contribution in [-0.2, 0) is 16.1 Å². The van der Waals surface area contributed by atoms with Gasteiger partial charge in [-0.2, -0.15) is 0 Å². The maximum Gasteiger partial charge on any atom is 0.264 e. The zero-order valence-electron chi connectivity index (χ0n) is 17.1. The lowest BCUT2D eigenvalue weighted by Crippen LogP contribution is -2.40. The lowest BCUT2D eigenvalue weighted by Gasteiger charge is -2.27. The second-order valence-electron chi connectivity index (χ2n) is 7.89. The van der Waals surface area contributed by atoms with Crippen LogP contribution >= 0.6 is 11.3 Å². The van der Waals surface area contributed by atoms with Crippen LogP contribution in [0.3, 0.4) is 0 Å². The minimum Gasteiger partial charge on any atom is -0.378 e. The highest BCUT2D eigenvalue weighted by molar-refractivity contribution is 7.21. The van der Waals surface area contributed by atoms with Crippen molar-refractivity contribution in [2.75, 3.05) is 39.4 Å². The maximum atomic E-state index is 13.4. The first-order valence-corrected chi connectivity index (χ1v) is 11.4. The van der Waals surface area contributed by atoms with E-state index in [1.54, 1.807) is 16.0 Å². The number of likely N-dealkylation sites (tertiary alicyclic amines) is 1. The van der Waals surface area contributed by atoms with Crippen LogP contribution < -0.4 is 0 Å². The van der Waals surface area contributed by atoms with Crippen LogP contribution in [0, 0.1) is 0 Å². The molecule has 2 saturated heterocycles. The van der Waals surface area contributed by atoms with Crippen LogP contribution in [-0.4, -0.2) is 81.2 Å². The molecule has 2 aromatic heterocycles. The number of ether oxygens (including phenoxy) is 1. The topological polar surface area (TPSA) is 93.5 Å². The molecule has 0 bridgehead atoms. The van der Waals surface area contributed by atoms with Crippen LogP contribution in [0.25, 0.3) is 10.1 Å². The molecule has 2 aliphatic rings. The lowest BCUT2D eigenvalue weighted by atomic mass is 9.94. The Balaban J connectivity index is 1.36. The van der Waals surface area contributed by atoms with Gasteiger partial charge >= 0.3 is 0 Å². The molecule has 31 heavy (non-hydrogen) atoms.